The highest BCUT2D eigenvalue weighted by Crippen LogP contribution is 2.34. The summed E-state index contributed by atoms with van der Waals surface area (Å²) in [6.45, 7) is 0. The largest absolute Gasteiger partial charge is 0.328 e. The lowest BCUT2D eigenvalue weighted by Crippen LogP contribution is -2.27. The van der Waals surface area contributed by atoms with Crippen LogP contribution in [0.15, 0.2) is 12.1 Å². The fourth-order valence-electron chi connectivity index (χ4n) is 2.37. The van der Waals surface area contributed by atoms with E-state index < -0.39 is 17.5 Å². The first-order valence-corrected chi connectivity index (χ1v) is 5.48. The van der Waals surface area contributed by atoms with Crippen LogP contribution in [0.5, 0.6) is 0 Å². The van der Waals surface area contributed by atoms with E-state index >= 15 is 0 Å². The smallest absolute Gasteiger partial charge is 0.194 e. The van der Waals surface area contributed by atoms with E-state index in [9.17, 15) is 13.2 Å². The normalized spacial score (nSPS) is 25.8. The van der Waals surface area contributed by atoms with Crippen LogP contribution in [0.4, 0.5) is 13.2 Å². The van der Waals surface area contributed by atoms with Crippen molar-refractivity contribution in [2.75, 3.05) is 0 Å². The van der Waals surface area contributed by atoms with Gasteiger partial charge in [0.15, 0.2) is 17.5 Å². The molecule has 1 aromatic carbocycles. The summed E-state index contributed by atoms with van der Waals surface area (Å²) in [6, 6.07) is 2.34. The van der Waals surface area contributed by atoms with E-state index in [1.54, 1.807) is 0 Å². The monoisotopic (exact) mass is 229 g/mol. The van der Waals surface area contributed by atoms with Crippen LogP contribution in [0.2, 0.25) is 0 Å². The fourth-order valence-corrected chi connectivity index (χ4v) is 2.37. The second-order valence-electron chi connectivity index (χ2n) is 4.39. The molecule has 1 aliphatic carbocycles. The van der Waals surface area contributed by atoms with Gasteiger partial charge in [0.1, 0.15) is 0 Å². The molecule has 2 atom stereocenters. The van der Waals surface area contributed by atoms with Crippen LogP contribution in [-0.2, 0) is 0 Å². The molecule has 1 aliphatic rings. The second-order valence-corrected chi connectivity index (χ2v) is 4.39. The highest BCUT2D eigenvalue weighted by molar-refractivity contribution is 5.24. The molecule has 2 unspecified atom stereocenters. The zero-order valence-electron chi connectivity index (χ0n) is 8.85. The van der Waals surface area contributed by atoms with Crippen LogP contribution >= 0.6 is 0 Å². The summed E-state index contributed by atoms with van der Waals surface area (Å²) in [6.07, 6.45) is 3.25. The van der Waals surface area contributed by atoms with Gasteiger partial charge in [-0.3, -0.25) is 0 Å². The summed E-state index contributed by atoms with van der Waals surface area (Å²) < 4.78 is 39.3. The molecular weight excluding hydrogens is 215 g/mol. The zero-order valence-corrected chi connectivity index (χ0v) is 8.85. The lowest BCUT2D eigenvalue weighted by Gasteiger charge is -2.27. The van der Waals surface area contributed by atoms with Crippen molar-refractivity contribution >= 4 is 0 Å². The Morgan fingerprint density at radius 2 is 1.81 bits per heavy atom. The SMILES string of the molecule is NC1CCCC(c2ccc(F)c(F)c2F)C1. The summed E-state index contributed by atoms with van der Waals surface area (Å²) in [5, 5.41) is 0. The molecule has 4 heteroatoms. The van der Waals surface area contributed by atoms with Gasteiger partial charge in [-0.25, -0.2) is 13.2 Å². The Kier molecular flexibility index (Phi) is 3.19. The summed E-state index contributed by atoms with van der Waals surface area (Å²) >= 11 is 0. The third-order valence-corrected chi connectivity index (χ3v) is 3.22. The highest BCUT2D eigenvalue weighted by Gasteiger charge is 2.25. The molecule has 0 radical (unpaired) electrons. The number of rotatable bonds is 1. The molecule has 0 saturated heterocycles. The maximum Gasteiger partial charge on any atom is 0.194 e. The number of hydrogen-bond donors (Lipinski definition) is 1. The number of benzene rings is 1. The topological polar surface area (TPSA) is 26.0 Å². The van der Waals surface area contributed by atoms with Crippen molar-refractivity contribution in [1.29, 1.82) is 0 Å². The highest BCUT2D eigenvalue weighted by atomic mass is 19.2. The van der Waals surface area contributed by atoms with E-state index in [1.807, 2.05) is 0 Å². The van der Waals surface area contributed by atoms with Gasteiger partial charge in [0.2, 0.25) is 0 Å². The van der Waals surface area contributed by atoms with E-state index in [2.05, 4.69) is 0 Å². The number of hydrogen-bond acceptors (Lipinski definition) is 1. The minimum Gasteiger partial charge on any atom is -0.328 e. The summed E-state index contributed by atoms with van der Waals surface area (Å²) in [4.78, 5) is 0. The first-order valence-electron chi connectivity index (χ1n) is 5.48. The van der Waals surface area contributed by atoms with E-state index in [4.69, 9.17) is 5.73 Å². The van der Waals surface area contributed by atoms with E-state index in [1.165, 1.54) is 6.07 Å². The Morgan fingerprint density at radius 1 is 1.06 bits per heavy atom. The molecule has 0 heterocycles. The molecule has 2 rings (SSSR count). The van der Waals surface area contributed by atoms with Crippen molar-refractivity contribution in [1.82, 2.24) is 0 Å². The summed E-state index contributed by atoms with van der Waals surface area (Å²) in [7, 11) is 0. The van der Waals surface area contributed by atoms with Crippen LogP contribution in [-0.4, -0.2) is 6.04 Å². The Balaban J connectivity index is 2.29. The van der Waals surface area contributed by atoms with Crippen LogP contribution in [0.3, 0.4) is 0 Å². The van der Waals surface area contributed by atoms with Gasteiger partial charge in [0, 0.05) is 6.04 Å². The molecule has 16 heavy (non-hydrogen) atoms. The molecule has 1 saturated carbocycles. The minimum absolute atomic E-state index is 0.0336. The van der Waals surface area contributed by atoms with Crippen LogP contribution in [0.25, 0.3) is 0 Å². The van der Waals surface area contributed by atoms with Gasteiger partial charge in [-0.15, -0.1) is 0 Å². The molecule has 0 amide bonds. The van der Waals surface area contributed by atoms with Gasteiger partial charge in [-0.05, 0) is 36.8 Å². The number of halogens is 3. The van der Waals surface area contributed by atoms with E-state index in [0.29, 0.717) is 6.42 Å². The first kappa shape index (κ1) is 11.5. The van der Waals surface area contributed by atoms with Crippen molar-refractivity contribution in [3.8, 4) is 0 Å². The molecule has 1 nitrogen and oxygen atoms in total. The molecule has 0 aromatic heterocycles. The van der Waals surface area contributed by atoms with Gasteiger partial charge in [0.25, 0.3) is 0 Å². The second kappa shape index (κ2) is 4.45. The Morgan fingerprint density at radius 3 is 2.50 bits per heavy atom. The van der Waals surface area contributed by atoms with Gasteiger partial charge in [0.05, 0.1) is 0 Å². The zero-order chi connectivity index (χ0) is 11.7. The molecule has 0 bridgehead atoms. The van der Waals surface area contributed by atoms with Crippen molar-refractivity contribution in [2.45, 2.75) is 37.6 Å². The molecule has 1 aromatic rings. The van der Waals surface area contributed by atoms with E-state index in [0.717, 1.165) is 25.3 Å². The number of nitrogens with two attached hydrogens (primary N) is 1. The summed E-state index contributed by atoms with van der Waals surface area (Å²) in [5.74, 6) is -3.66. The lowest BCUT2D eigenvalue weighted by molar-refractivity contribution is 0.372. The predicted octanol–water partition coefficient (Wildman–Crippen LogP) is 3.09. The standard InChI is InChI=1S/C12H14F3N/c13-10-5-4-9(11(14)12(10)15)7-2-1-3-8(16)6-7/h4-5,7-8H,1-3,6,16H2. The Hall–Kier alpha value is -1.03. The quantitative estimate of drug-likeness (QED) is 0.736. The third-order valence-electron chi connectivity index (χ3n) is 3.22. The molecule has 1 fully saturated rings. The maximum absolute atomic E-state index is 13.5. The average Bonchev–Trinajstić information content (AvgIpc) is 2.26. The third kappa shape index (κ3) is 2.07. The Bertz CT molecular complexity index is 392. The van der Waals surface area contributed by atoms with Crippen LogP contribution < -0.4 is 5.73 Å². The van der Waals surface area contributed by atoms with Crippen LogP contribution in [0.1, 0.15) is 37.2 Å². The van der Waals surface area contributed by atoms with E-state index in [-0.39, 0.29) is 17.5 Å². The van der Waals surface area contributed by atoms with Gasteiger partial charge in [-0.1, -0.05) is 12.5 Å². The molecule has 0 aliphatic heterocycles. The van der Waals surface area contributed by atoms with Gasteiger partial charge in [-0.2, -0.15) is 0 Å². The molecule has 88 valence electrons. The minimum atomic E-state index is -1.38. The first-order chi connectivity index (χ1) is 7.59. The van der Waals surface area contributed by atoms with Crippen molar-refractivity contribution in [3.05, 3.63) is 35.1 Å². The Labute approximate surface area is 92.5 Å². The molecular formula is C12H14F3N. The van der Waals surface area contributed by atoms with Crippen molar-refractivity contribution in [3.63, 3.8) is 0 Å². The van der Waals surface area contributed by atoms with Gasteiger partial charge >= 0.3 is 0 Å². The summed E-state index contributed by atoms with van der Waals surface area (Å²) in [5.41, 5.74) is 6.05. The van der Waals surface area contributed by atoms with Crippen LogP contribution in [0, 0.1) is 17.5 Å². The molecule has 0 spiro atoms. The van der Waals surface area contributed by atoms with Crippen molar-refractivity contribution < 1.29 is 13.2 Å². The average molecular weight is 229 g/mol. The maximum atomic E-state index is 13.5. The lowest BCUT2D eigenvalue weighted by atomic mass is 9.81. The predicted molar refractivity (Wildman–Crippen MR) is 55.5 cm³/mol. The van der Waals surface area contributed by atoms with Crippen molar-refractivity contribution in [2.24, 2.45) is 5.73 Å². The molecule has 2 N–H and O–H groups in total. The fraction of sp³-hybridized carbons (Fsp3) is 0.500. The van der Waals surface area contributed by atoms with Gasteiger partial charge < -0.3 is 5.73 Å².